The molecule has 1 rings (SSSR count). The maximum Gasteiger partial charge on any atom is 0.119 e. The predicted molar refractivity (Wildman–Crippen MR) is 47.5 cm³/mol. The van der Waals surface area contributed by atoms with E-state index in [1.165, 1.54) is 0 Å². The Morgan fingerprint density at radius 3 is 2.50 bits per heavy atom. The molecule has 1 aromatic carbocycles. The predicted octanol–water partition coefficient (Wildman–Crippen LogP) is 2.08. The summed E-state index contributed by atoms with van der Waals surface area (Å²) in [6, 6.07) is 7.38. The van der Waals surface area contributed by atoms with E-state index in [2.05, 4.69) is 5.32 Å². The molecule has 0 unspecified atom stereocenters. The zero-order valence-electron chi connectivity index (χ0n) is 7.01. The third-order valence-electron chi connectivity index (χ3n) is 1.51. The molecule has 0 aliphatic carbocycles. The summed E-state index contributed by atoms with van der Waals surface area (Å²) < 4.78 is 16.7. The second-order valence-corrected chi connectivity index (χ2v) is 2.34. The first-order valence-corrected chi connectivity index (χ1v) is 3.80. The first-order chi connectivity index (χ1) is 5.86. The molecule has 2 nitrogen and oxygen atoms in total. The van der Waals surface area contributed by atoms with Gasteiger partial charge in [0.2, 0.25) is 0 Å². The quantitative estimate of drug-likeness (QED) is 0.743. The van der Waals surface area contributed by atoms with Gasteiger partial charge >= 0.3 is 0 Å². The summed E-state index contributed by atoms with van der Waals surface area (Å²) >= 11 is 0. The Labute approximate surface area is 71.4 Å². The molecule has 0 fully saturated rings. The monoisotopic (exact) mass is 168 g/mol. The zero-order chi connectivity index (χ0) is 8.81. The van der Waals surface area contributed by atoms with E-state index in [4.69, 9.17) is 4.74 Å². The van der Waals surface area contributed by atoms with Crippen molar-refractivity contribution in [1.82, 2.24) is 0 Å². The van der Waals surface area contributed by atoms with Crippen LogP contribution in [-0.2, 0) is 0 Å². The molecule has 0 bridgehead atoms. The Kier molecular flexibility index (Phi) is 3.38. The van der Waals surface area contributed by atoms with Crippen LogP contribution in [0.2, 0.25) is 0 Å². The smallest absolute Gasteiger partial charge is 0.119 e. The van der Waals surface area contributed by atoms with Gasteiger partial charge in [0.25, 0.3) is 0 Å². The molecule has 1 N–H and O–H groups in total. The van der Waals surface area contributed by atoms with Crippen molar-refractivity contribution in [3.63, 3.8) is 0 Å². The first kappa shape index (κ1) is 8.84. The highest BCUT2D eigenvalue weighted by Crippen LogP contribution is 2.14. The molecule has 0 aromatic heterocycles. The summed E-state index contributed by atoms with van der Waals surface area (Å²) in [4.78, 5) is 0. The number of halogens is 1. The van der Waals surface area contributed by atoms with Crippen LogP contribution >= 0.6 is 0 Å². The standard InChI is InChI=1S/C9H12FNO/c1-12-9-4-2-8(3-5-9)11-7-6-10/h2-5,11H,6-7H2,1H3/i10-1. The van der Waals surface area contributed by atoms with Crippen LogP contribution in [0.5, 0.6) is 5.75 Å². The number of nitrogens with one attached hydrogen (secondary N) is 1. The molecular weight excluding hydrogens is 156 g/mol. The second-order valence-electron chi connectivity index (χ2n) is 2.34. The lowest BCUT2D eigenvalue weighted by molar-refractivity contribution is 0.415. The number of ether oxygens (including phenoxy) is 1. The number of methoxy groups -OCH3 is 1. The number of hydrogen-bond acceptors (Lipinski definition) is 2. The van der Waals surface area contributed by atoms with E-state index in [1.807, 2.05) is 24.3 Å². The van der Waals surface area contributed by atoms with Crippen LogP contribution in [0.3, 0.4) is 0 Å². The normalized spacial score (nSPS) is 9.50. The van der Waals surface area contributed by atoms with E-state index in [1.54, 1.807) is 7.11 Å². The third-order valence-corrected chi connectivity index (χ3v) is 1.51. The van der Waals surface area contributed by atoms with Crippen LogP contribution < -0.4 is 10.1 Å². The molecule has 66 valence electrons. The van der Waals surface area contributed by atoms with Gasteiger partial charge in [0.1, 0.15) is 12.4 Å². The van der Waals surface area contributed by atoms with Crippen molar-refractivity contribution in [2.75, 3.05) is 25.6 Å². The third kappa shape index (κ3) is 2.42. The van der Waals surface area contributed by atoms with Crippen molar-refractivity contribution in [3.8, 4) is 5.75 Å². The highest BCUT2D eigenvalue weighted by molar-refractivity contribution is 5.46. The Morgan fingerprint density at radius 2 is 2.00 bits per heavy atom. The average Bonchev–Trinajstić information content (AvgIpc) is 2.15. The highest BCUT2D eigenvalue weighted by Gasteiger charge is 1.91. The summed E-state index contributed by atoms with van der Waals surface area (Å²) in [5.41, 5.74) is 0.911. The average molecular weight is 168 g/mol. The fourth-order valence-corrected chi connectivity index (χ4v) is 0.900. The lowest BCUT2D eigenvalue weighted by atomic mass is 10.3. The maximum atomic E-state index is 11.7. The van der Waals surface area contributed by atoms with Gasteiger partial charge < -0.3 is 10.1 Å². The topological polar surface area (TPSA) is 21.3 Å². The van der Waals surface area contributed by atoms with Gasteiger partial charge in [-0.3, -0.25) is 0 Å². The Bertz CT molecular complexity index is 222. The summed E-state index contributed by atoms with van der Waals surface area (Å²) in [7, 11) is 1.62. The molecular formula is C9H12FNO. The number of anilines is 1. The highest BCUT2D eigenvalue weighted by atomic mass is 18.2. The SMILES string of the molecule is COc1ccc(NCC[18F])cc1. The van der Waals surface area contributed by atoms with Crippen molar-refractivity contribution in [2.24, 2.45) is 0 Å². The first-order valence-electron chi connectivity index (χ1n) is 3.80. The second kappa shape index (κ2) is 4.59. The molecule has 0 aliphatic rings. The molecule has 0 saturated heterocycles. The fraction of sp³-hybridized carbons (Fsp3) is 0.333. The minimum atomic E-state index is -0.355. The minimum Gasteiger partial charge on any atom is -0.497 e. The Morgan fingerprint density at radius 1 is 1.33 bits per heavy atom. The van der Waals surface area contributed by atoms with E-state index < -0.39 is 0 Å². The fourth-order valence-electron chi connectivity index (χ4n) is 0.900. The molecule has 0 amide bonds. The van der Waals surface area contributed by atoms with Crippen molar-refractivity contribution in [1.29, 1.82) is 0 Å². The van der Waals surface area contributed by atoms with Crippen LogP contribution in [-0.4, -0.2) is 20.3 Å². The van der Waals surface area contributed by atoms with Gasteiger partial charge in [-0.15, -0.1) is 0 Å². The summed E-state index contributed by atoms with van der Waals surface area (Å²) in [5.74, 6) is 0.806. The zero-order valence-corrected chi connectivity index (χ0v) is 7.01. The summed E-state index contributed by atoms with van der Waals surface area (Å²) in [6.07, 6.45) is 0. The van der Waals surface area contributed by atoms with Crippen LogP contribution in [0.1, 0.15) is 0 Å². The number of rotatable bonds is 4. The van der Waals surface area contributed by atoms with Crippen molar-refractivity contribution >= 4 is 5.69 Å². The molecule has 3 heteroatoms. The molecule has 1 aromatic rings. The summed E-state index contributed by atoms with van der Waals surface area (Å²) in [5, 5.41) is 2.92. The lowest BCUT2D eigenvalue weighted by Gasteiger charge is -2.04. The molecule has 0 spiro atoms. The number of hydrogen-bond donors (Lipinski definition) is 1. The largest absolute Gasteiger partial charge is 0.497 e. The van der Waals surface area contributed by atoms with Gasteiger partial charge in [0.05, 0.1) is 7.11 Å². The molecule has 0 atom stereocenters. The van der Waals surface area contributed by atoms with E-state index in [0.717, 1.165) is 11.4 Å². The lowest BCUT2D eigenvalue weighted by Crippen LogP contribution is -2.02. The molecule has 0 aliphatic heterocycles. The van der Waals surface area contributed by atoms with Crippen LogP contribution in [0, 0.1) is 0 Å². The molecule has 0 saturated carbocycles. The van der Waals surface area contributed by atoms with Gasteiger partial charge in [-0.2, -0.15) is 0 Å². The van der Waals surface area contributed by atoms with Crippen LogP contribution in [0.15, 0.2) is 24.3 Å². The molecule has 12 heavy (non-hydrogen) atoms. The van der Waals surface area contributed by atoms with Gasteiger partial charge in [-0.25, -0.2) is 4.39 Å². The van der Waals surface area contributed by atoms with Crippen molar-refractivity contribution < 1.29 is 9.13 Å². The van der Waals surface area contributed by atoms with Crippen LogP contribution in [0.25, 0.3) is 0 Å². The Balaban J connectivity index is 2.53. The number of alkyl halides is 1. The van der Waals surface area contributed by atoms with E-state index in [0.29, 0.717) is 6.54 Å². The van der Waals surface area contributed by atoms with Crippen molar-refractivity contribution in [2.45, 2.75) is 0 Å². The van der Waals surface area contributed by atoms with Crippen molar-refractivity contribution in [3.05, 3.63) is 24.3 Å². The van der Waals surface area contributed by atoms with E-state index in [9.17, 15) is 4.39 Å². The van der Waals surface area contributed by atoms with E-state index >= 15 is 0 Å². The van der Waals surface area contributed by atoms with Gasteiger partial charge in [0, 0.05) is 12.2 Å². The van der Waals surface area contributed by atoms with Crippen LogP contribution in [0.4, 0.5) is 10.1 Å². The summed E-state index contributed by atoms with van der Waals surface area (Å²) in [6.45, 7) is -0.00163. The molecule has 0 heterocycles. The minimum absolute atomic E-state index is 0.354. The number of benzene rings is 1. The van der Waals surface area contributed by atoms with Gasteiger partial charge in [0.15, 0.2) is 0 Å². The van der Waals surface area contributed by atoms with Gasteiger partial charge in [-0.1, -0.05) is 0 Å². The van der Waals surface area contributed by atoms with E-state index in [-0.39, 0.29) is 6.67 Å². The Hall–Kier alpha value is -1.25. The van der Waals surface area contributed by atoms with Gasteiger partial charge in [-0.05, 0) is 24.3 Å². The maximum absolute atomic E-state index is 11.7. The molecule has 0 radical (unpaired) electrons.